The minimum absolute atomic E-state index is 0.308. The molecule has 0 amide bonds. The van der Waals surface area contributed by atoms with Gasteiger partial charge in [-0.2, -0.15) is 0 Å². The van der Waals surface area contributed by atoms with Gasteiger partial charge in [0.2, 0.25) is 0 Å². The Morgan fingerprint density at radius 3 is 3.10 bits per heavy atom. The van der Waals surface area contributed by atoms with Crippen LogP contribution in [0.1, 0.15) is 30.6 Å². The number of rotatable bonds is 1. The van der Waals surface area contributed by atoms with Crippen molar-refractivity contribution in [2.24, 2.45) is 11.7 Å². The predicted octanol–water partition coefficient (Wildman–Crippen LogP) is 2.45. The zero-order valence-electron chi connectivity index (χ0n) is 12.4. The number of nitrogens with zero attached hydrogens (tertiary/aromatic N) is 1. The Morgan fingerprint density at radius 2 is 2.29 bits per heavy atom. The molecular formula is C17H22N2O2. The predicted molar refractivity (Wildman–Crippen MR) is 82.5 cm³/mol. The lowest BCUT2D eigenvalue weighted by Gasteiger charge is -2.41. The van der Waals surface area contributed by atoms with Gasteiger partial charge in [0, 0.05) is 42.5 Å². The highest BCUT2D eigenvalue weighted by Crippen LogP contribution is 2.43. The number of furan rings is 1. The second-order valence-electron chi connectivity index (χ2n) is 6.62. The summed E-state index contributed by atoms with van der Waals surface area (Å²) in [6.07, 6.45) is 2.11. The van der Waals surface area contributed by atoms with Gasteiger partial charge < -0.3 is 15.3 Å². The van der Waals surface area contributed by atoms with Gasteiger partial charge in [0.05, 0.1) is 0 Å². The molecule has 2 aliphatic rings. The maximum absolute atomic E-state index is 9.78. The van der Waals surface area contributed by atoms with Crippen LogP contribution in [0.15, 0.2) is 22.6 Å². The average Bonchev–Trinajstić information content (AvgIpc) is 2.77. The lowest BCUT2D eigenvalue weighted by Crippen LogP contribution is -2.50. The largest absolute Gasteiger partial charge is 0.508 e. The highest BCUT2D eigenvalue weighted by atomic mass is 16.3. The fourth-order valence-electron chi connectivity index (χ4n) is 4.28. The highest BCUT2D eigenvalue weighted by molar-refractivity contribution is 5.84. The van der Waals surface area contributed by atoms with E-state index in [9.17, 15) is 5.11 Å². The second kappa shape index (κ2) is 4.75. The van der Waals surface area contributed by atoms with Crippen molar-refractivity contribution in [3.05, 3.63) is 29.5 Å². The van der Waals surface area contributed by atoms with E-state index in [1.807, 2.05) is 12.1 Å². The van der Waals surface area contributed by atoms with Gasteiger partial charge >= 0.3 is 0 Å². The molecule has 1 fully saturated rings. The minimum Gasteiger partial charge on any atom is -0.508 e. The topological polar surface area (TPSA) is 62.6 Å². The van der Waals surface area contributed by atoms with E-state index in [4.69, 9.17) is 10.2 Å². The van der Waals surface area contributed by atoms with Crippen molar-refractivity contribution in [1.29, 1.82) is 0 Å². The summed E-state index contributed by atoms with van der Waals surface area (Å²) in [6, 6.07) is 5.79. The van der Waals surface area contributed by atoms with Crippen LogP contribution < -0.4 is 5.73 Å². The normalized spacial score (nSPS) is 31.9. The standard InChI is InChI=1S/C17H22N2O2/c1-10-6-14-15(8-18)19(9-10)5-4-12-13-7-11(20)2-3-16(13)21-17(12)14/h2-3,7,10,14-15,20H,4-6,8-9,18H2,1H3. The van der Waals surface area contributed by atoms with Crippen LogP contribution >= 0.6 is 0 Å². The van der Waals surface area contributed by atoms with Crippen LogP contribution in [-0.4, -0.2) is 35.7 Å². The van der Waals surface area contributed by atoms with Crippen LogP contribution in [0.5, 0.6) is 5.75 Å². The number of hydrogen-bond acceptors (Lipinski definition) is 4. The Bertz CT molecular complexity index is 679. The number of phenolic OH excluding ortho intramolecular Hbond substituents is 1. The number of aromatic hydroxyl groups is 1. The molecule has 4 rings (SSSR count). The summed E-state index contributed by atoms with van der Waals surface area (Å²) >= 11 is 0. The third-order valence-corrected chi connectivity index (χ3v) is 5.17. The molecule has 4 unspecified atom stereocenters. The molecule has 21 heavy (non-hydrogen) atoms. The molecule has 2 aliphatic heterocycles. The summed E-state index contributed by atoms with van der Waals surface area (Å²) in [5.74, 6) is 2.47. The number of hydrogen-bond donors (Lipinski definition) is 2. The van der Waals surface area contributed by atoms with E-state index in [1.54, 1.807) is 6.07 Å². The van der Waals surface area contributed by atoms with Crippen LogP contribution in [0.2, 0.25) is 0 Å². The molecule has 4 heteroatoms. The first-order valence-electron chi connectivity index (χ1n) is 7.85. The molecule has 3 N–H and O–H groups in total. The van der Waals surface area contributed by atoms with E-state index in [0.717, 1.165) is 42.7 Å². The summed E-state index contributed by atoms with van der Waals surface area (Å²) in [6.45, 7) is 5.15. The van der Waals surface area contributed by atoms with Crippen molar-refractivity contribution in [2.75, 3.05) is 19.6 Å². The molecule has 1 saturated heterocycles. The molecule has 1 aromatic carbocycles. The third kappa shape index (κ3) is 1.97. The lowest BCUT2D eigenvalue weighted by atomic mass is 9.82. The van der Waals surface area contributed by atoms with Gasteiger partial charge in [-0.05, 0) is 37.0 Å². The van der Waals surface area contributed by atoms with Gasteiger partial charge in [0.25, 0.3) is 0 Å². The monoisotopic (exact) mass is 286 g/mol. The van der Waals surface area contributed by atoms with E-state index < -0.39 is 0 Å². The zero-order chi connectivity index (χ0) is 14.6. The van der Waals surface area contributed by atoms with Gasteiger partial charge in [-0.3, -0.25) is 4.90 Å². The molecule has 112 valence electrons. The van der Waals surface area contributed by atoms with E-state index in [0.29, 0.717) is 30.2 Å². The van der Waals surface area contributed by atoms with Gasteiger partial charge in [-0.1, -0.05) is 6.92 Å². The van der Waals surface area contributed by atoms with Crippen LogP contribution in [0.4, 0.5) is 0 Å². The average molecular weight is 286 g/mol. The third-order valence-electron chi connectivity index (χ3n) is 5.17. The van der Waals surface area contributed by atoms with E-state index in [1.165, 1.54) is 5.56 Å². The van der Waals surface area contributed by atoms with Crippen molar-refractivity contribution >= 4 is 11.0 Å². The highest BCUT2D eigenvalue weighted by Gasteiger charge is 2.40. The Balaban J connectivity index is 1.89. The van der Waals surface area contributed by atoms with Crippen molar-refractivity contribution in [3.63, 3.8) is 0 Å². The van der Waals surface area contributed by atoms with Crippen molar-refractivity contribution in [1.82, 2.24) is 4.90 Å². The fraction of sp³-hybridized carbons (Fsp3) is 0.529. The molecule has 0 radical (unpaired) electrons. The zero-order valence-corrected chi connectivity index (χ0v) is 12.4. The van der Waals surface area contributed by atoms with Crippen molar-refractivity contribution < 1.29 is 9.52 Å². The lowest BCUT2D eigenvalue weighted by molar-refractivity contribution is 0.0983. The molecule has 4 atom stereocenters. The van der Waals surface area contributed by atoms with Crippen LogP contribution in [0.25, 0.3) is 11.0 Å². The SMILES string of the molecule is CC1CC2c3oc4ccc(O)cc4c3CCN(C1)C2CN. The number of benzene rings is 1. The smallest absolute Gasteiger partial charge is 0.134 e. The fourth-order valence-corrected chi connectivity index (χ4v) is 4.28. The Kier molecular flexibility index (Phi) is 2.98. The molecule has 0 spiro atoms. The summed E-state index contributed by atoms with van der Waals surface area (Å²) < 4.78 is 6.20. The molecule has 2 bridgehead atoms. The molecule has 1 aromatic heterocycles. The van der Waals surface area contributed by atoms with Crippen LogP contribution in [-0.2, 0) is 6.42 Å². The molecular weight excluding hydrogens is 264 g/mol. The Morgan fingerprint density at radius 1 is 1.43 bits per heavy atom. The van der Waals surface area contributed by atoms with E-state index in [-0.39, 0.29) is 0 Å². The molecule has 3 heterocycles. The van der Waals surface area contributed by atoms with Gasteiger partial charge in [-0.25, -0.2) is 0 Å². The summed E-state index contributed by atoms with van der Waals surface area (Å²) in [5.41, 5.74) is 8.23. The summed E-state index contributed by atoms with van der Waals surface area (Å²) in [7, 11) is 0. The molecule has 0 aliphatic carbocycles. The van der Waals surface area contributed by atoms with Gasteiger partial charge in [0.1, 0.15) is 17.1 Å². The first-order valence-corrected chi connectivity index (χ1v) is 7.85. The number of piperidine rings is 1. The van der Waals surface area contributed by atoms with E-state index >= 15 is 0 Å². The van der Waals surface area contributed by atoms with Gasteiger partial charge in [-0.15, -0.1) is 0 Å². The number of nitrogens with two attached hydrogens (primary N) is 1. The number of fused-ring (bicyclic) bond motifs is 6. The van der Waals surface area contributed by atoms with Crippen LogP contribution in [0, 0.1) is 5.92 Å². The first kappa shape index (κ1) is 13.2. The molecule has 2 aromatic rings. The Hall–Kier alpha value is -1.52. The van der Waals surface area contributed by atoms with Crippen molar-refractivity contribution in [3.8, 4) is 5.75 Å². The number of phenols is 1. The summed E-state index contributed by atoms with van der Waals surface area (Å²) in [4.78, 5) is 2.53. The quantitative estimate of drug-likeness (QED) is 0.845. The second-order valence-corrected chi connectivity index (χ2v) is 6.62. The maximum Gasteiger partial charge on any atom is 0.134 e. The van der Waals surface area contributed by atoms with Crippen molar-refractivity contribution in [2.45, 2.75) is 31.7 Å². The van der Waals surface area contributed by atoms with Crippen LogP contribution in [0.3, 0.4) is 0 Å². The minimum atomic E-state index is 0.308. The molecule has 4 nitrogen and oxygen atoms in total. The van der Waals surface area contributed by atoms with Gasteiger partial charge in [0.15, 0.2) is 0 Å². The maximum atomic E-state index is 9.78. The first-order chi connectivity index (χ1) is 10.2. The molecule has 0 saturated carbocycles. The Labute approximate surface area is 124 Å². The summed E-state index contributed by atoms with van der Waals surface area (Å²) in [5, 5.41) is 10.8. The van der Waals surface area contributed by atoms with E-state index in [2.05, 4.69) is 11.8 Å².